The number of halogens is 3. The molecule has 0 aromatic heterocycles. The first-order valence-corrected chi connectivity index (χ1v) is 8.19. The Morgan fingerprint density at radius 1 is 1.38 bits per heavy atom. The highest BCUT2D eigenvalue weighted by Gasteiger charge is 2.31. The molecule has 1 aliphatic rings. The Hall–Kier alpha value is -1.76. The predicted octanol–water partition coefficient (Wildman–Crippen LogP) is 3.54. The Morgan fingerprint density at radius 2 is 2.08 bits per heavy atom. The van der Waals surface area contributed by atoms with Gasteiger partial charge in [0.1, 0.15) is 5.75 Å². The maximum Gasteiger partial charge on any atom is 0.573 e. The van der Waals surface area contributed by atoms with E-state index in [1.54, 1.807) is 13.0 Å². The number of carbonyl (C=O) groups is 1. The van der Waals surface area contributed by atoms with Gasteiger partial charge in [-0.25, -0.2) is 0 Å². The number of piperidine rings is 1. The van der Waals surface area contributed by atoms with Gasteiger partial charge in [0.25, 0.3) is 0 Å². The van der Waals surface area contributed by atoms with Crippen molar-refractivity contribution in [2.24, 2.45) is 5.92 Å². The van der Waals surface area contributed by atoms with E-state index in [4.69, 9.17) is 0 Å². The lowest BCUT2D eigenvalue weighted by molar-refractivity contribution is -0.274. The van der Waals surface area contributed by atoms with E-state index in [-0.39, 0.29) is 17.7 Å². The second kappa shape index (κ2) is 8.37. The van der Waals surface area contributed by atoms with Crippen molar-refractivity contribution in [2.45, 2.75) is 45.0 Å². The molecule has 2 rings (SSSR count). The van der Waals surface area contributed by atoms with Gasteiger partial charge in [-0.05, 0) is 62.9 Å². The maximum absolute atomic E-state index is 12.3. The fourth-order valence-corrected chi connectivity index (χ4v) is 2.88. The number of hydrogen-bond donors (Lipinski definition) is 2. The van der Waals surface area contributed by atoms with E-state index >= 15 is 0 Å². The summed E-state index contributed by atoms with van der Waals surface area (Å²) in [5, 5.41) is 6.12. The summed E-state index contributed by atoms with van der Waals surface area (Å²) in [6.07, 6.45) is -1.27. The highest BCUT2D eigenvalue weighted by atomic mass is 19.4. The number of amides is 1. The number of hydrogen-bond acceptors (Lipinski definition) is 3. The van der Waals surface area contributed by atoms with E-state index in [0.717, 1.165) is 32.4 Å². The zero-order valence-electron chi connectivity index (χ0n) is 13.7. The molecule has 1 saturated heterocycles. The second-order valence-corrected chi connectivity index (χ2v) is 6.14. The minimum Gasteiger partial charge on any atom is -0.406 e. The molecular weight excluding hydrogens is 321 g/mol. The molecule has 1 aromatic rings. The Kier molecular flexibility index (Phi) is 6.48. The quantitative estimate of drug-likeness (QED) is 0.830. The van der Waals surface area contributed by atoms with Gasteiger partial charge < -0.3 is 15.4 Å². The highest BCUT2D eigenvalue weighted by Crippen LogP contribution is 2.25. The van der Waals surface area contributed by atoms with Crippen molar-refractivity contribution in [3.63, 3.8) is 0 Å². The molecule has 2 N–H and O–H groups in total. The molecule has 1 heterocycles. The molecule has 0 saturated carbocycles. The zero-order chi connectivity index (χ0) is 17.6. The van der Waals surface area contributed by atoms with E-state index < -0.39 is 6.36 Å². The lowest BCUT2D eigenvalue weighted by atomic mass is 9.93. The fraction of sp³-hybridized carbons (Fsp3) is 0.588. The van der Waals surface area contributed by atoms with Gasteiger partial charge in [-0.3, -0.25) is 4.79 Å². The SMILES string of the molecule is CC(NC(=O)CCC1CCNCC1)c1cccc(OC(F)(F)F)c1. The Labute approximate surface area is 139 Å². The molecule has 0 bridgehead atoms. The average Bonchev–Trinajstić information content (AvgIpc) is 2.52. The van der Waals surface area contributed by atoms with Crippen molar-refractivity contribution >= 4 is 5.91 Å². The van der Waals surface area contributed by atoms with Crippen LogP contribution < -0.4 is 15.4 Å². The van der Waals surface area contributed by atoms with Crippen molar-refractivity contribution in [1.82, 2.24) is 10.6 Å². The molecule has 1 atom stereocenters. The number of carbonyl (C=O) groups excluding carboxylic acids is 1. The molecule has 1 aromatic carbocycles. The summed E-state index contributed by atoms with van der Waals surface area (Å²) in [5.74, 6) is 0.204. The minimum absolute atomic E-state index is 0.0804. The van der Waals surface area contributed by atoms with Crippen LogP contribution in [0, 0.1) is 5.92 Å². The normalized spacial score (nSPS) is 17.3. The molecule has 1 unspecified atom stereocenters. The van der Waals surface area contributed by atoms with Gasteiger partial charge in [-0.1, -0.05) is 12.1 Å². The van der Waals surface area contributed by atoms with Gasteiger partial charge in [-0.15, -0.1) is 13.2 Å². The summed E-state index contributed by atoms with van der Waals surface area (Å²) < 4.78 is 40.7. The monoisotopic (exact) mass is 344 g/mol. The number of benzene rings is 1. The van der Waals surface area contributed by atoms with Crippen LogP contribution in [0.2, 0.25) is 0 Å². The molecule has 1 fully saturated rings. The van der Waals surface area contributed by atoms with Crippen LogP contribution in [0.5, 0.6) is 5.75 Å². The van der Waals surface area contributed by atoms with Gasteiger partial charge in [-0.2, -0.15) is 0 Å². The van der Waals surface area contributed by atoms with Crippen LogP contribution in [-0.4, -0.2) is 25.4 Å². The second-order valence-electron chi connectivity index (χ2n) is 6.14. The first-order valence-electron chi connectivity index (χ1n) is 8.19. The third-order valence-electron chi connectivity index (χ3n) is 4.21. The highest BCUT2D eigenvalue weighted by molar-refractivity contribution is 5.76. The summed E-state index contributed by atoms with van der Waals surface area (Å²) in [4.78, 5) is 12.0. The van der Waals surface area contributed by atoms with Crippen molar-refractivity contribution < 1.29 is 22.7 Å². The zero-order valence-corrected chi connectivity index (χ0v) is 13.7. The first kappa shape index (κ1) is 18.6. The molecule has 24 heavy (non-hydrogen) atoms. The molecule has 4 nitrogen and oxygen atoms in total. The summed E-state index contributed by atoms with van der Waals surface area (Å²) in [7, 11) is 0. The Bertz CT molecular complexity index is 543. The maximum atomic E-state index is 12.3. The van der Waals surface area contributed by atoms with Gasteiger partial charge in [0, 0.05) is 6.42 Å². The molecule has 1 aliphatic heterocycles. The van der Waals surface area contributed by atoms with Crippen LogP contribution in [0.15, 0.2) is 24.3 Å². The molecule has 0 aliphatic carbocycles. The van der Waals surface area contributed by atoms with Crippen LogP contribution in [0.3, 0.4) is 0 Å². The fourth-order valence-electron chi connectivity index (χ4n) is 2.88. The van der Waals surface area contributed by atoms with Gasteiger partial charge in [0.05, 0.1) is 6.04 Å². The summed E-state index contributed by atoms with van der Waals surface area (Å²) in [6, 6.07) is 5.31. The first-order chi connectivity index (χ1) is 11.3. The van der Waals surface area contributed by atoms with Crippen LogP contribution in [0.1, 0.15) is 44.2 Å². The van der Waals surface area contributed by atoms with Crippen molar-refractivity contribution in [2.75, 3.05) is 13.1 Å². The molecule has 134 valence electrons. The lowest BCUT2D eigenvalue weighted by Gasteiger charge is -2.22. The van der Waals surface area contributed by atoms with E-state index in [0.29, 0.717) is 17.9 Å². The third-order valence-corrected chi connectivity index (χ3v) is 4.21. The number of nitrogens with one attached hydrogen (secondary N) is 2. The van der Waals surface area contributed by atoms with Crippen molar-refractivity contribution in [1.29, 1.82) is 0 Å². The van der Waals surface area contributed by atoms with Crippen LogP contribution >= 0.6 is 0 Å². The molecular formula is C17H23F3N2O2. The van der Waals surface area contributed by atoms with Crippen LogP contribution in [0.4, 0.5) is 13.2 Å². The standard InChI is InChI=1S/C17H23F3N2O2/c1-12(14-3-2-4-15(11-14)24-17(18,19)20)22-16(23)6-5-13-7-9-21-10-8-13/h2-4,11-13,21H,5-10H2,1H3,(H,22,23). The van der Waals surface area contributed by atoms with Crippen LogP contribution in [-0.2, 0) is 4.79 Å². The lowest BCUT2D eigenvalue weighted by Crippen LogP contribution is -2.30. The smallest absolute Gasteiger partial charge is 0.406 e. The summed E-state index contributed by atoms with van der Waals surface area (Å²) in [5.41, 5.74) is 0.576. The van der Waals surface area contributed by atoms with Gasteiger partial charge >= 0.3 is 6.36 Å². The van der Waals surface area contributed by atoms with E-state index in [9.17, 15) is 18.0 Å². The third kappa shape index (κ3) is 6.39. The predicted molar refractivity (Wildman–Crippen MR) is 84.5 cm³/mol. The average molecular weight is 344 g/mol. The molecule has 1 amide bonds. The number of alkyl halides is 3. The largest absolute Gasteiger partial charge is 0.573 e. The van der Waals surface area contributed by atoms with E-state index in [1.807, 2.05) is 0 Å². The minimum atomic E-state index is -4.72. The number of rotatable bonds is 6. The van der Waals surface area contributed by atoms with Gasteiger partial charge in [0.15, 0.2) is 0 Å². The Morgan fingerprint density at radius 3 is 2.75 bits per heavy atom. The van der Waals surface area contributed by atoms with E-state index in [1.165, 1.54) is 18.2 Å². The molecule has 7 heteroatoms. The van der Waals surface area contributed by atoms with Crippen molar-refractivity contribution in [3.05, 3.63) is 29.8 Å². The Balaban J connectivity index is 1.83. The summed E-state index contributed by atoms with van der Waals surface area (Å²) >= 11 is 0. The van der Waals surface area contributed by atoms with Crippen LogP contribution in [0.25, 0.3) is 0 Å². The summed E-state index contributed by atoms with van der Waals surface area (Å²) in [6.45, 7) is 3.73. The molecule has 0 spiro atoms. The number of ether oxygens (including phenoxy) is 1. The topological polar surface area (TPSA) is 50.4 Å². The van der Waals surface area contributed by atoms with E-state index in [2.05, 4.69) is 15.4 Å². The van der Waals surface area contributed by atoms with Gasteiger partial charge in [0.2, 0.25) is 5.91 Å². The molecule has 0 radical (unpaired) electrons. The van der Waals surface area contributed by atoms with Crippen molar-refractivity contribution in [3.8, 4) is 5.75 Å².